The van der Waals surface area contributed by atoms with Crippen LogP contribution in [0.25, 0.3) is 10.1 Å². The van der Waals surface area contributed by atoms with Crippen LogP contribution in [0.3, 0.4) is 0 Å². The average molecular weight is 193 g/mol. The SMILES string of the molecule is Nc1csc2c(O)ccc(C=O)c12. The molecule has 0 aliphatic rings. The van der Waals surface area contributed by atoms with Crippen molar-refractivity contribution in [2.45, 2.75) is 0 Å². The van der Waals surface area contributed by atoms with E-state index in [1.807, 2.05) is 0 Å². The van der Waals surface area contributed by atoms with Gasteiger partial charge in [-0.05, 0) is 12.1 Å². The molecule has 3 nitrogen and oxygen atoms in total. The first kappa shape index (κ1) is 8.07. The molecule has 2 rings (SSSR count). The highest BCUT2D eigenvalue weighted by atomic mass is 32.1. The van der Waals surface area contributed by atoms with Gasteiger partial charge >= 0.3 is 0 Å². The van der Waals surface area contributed by atoms with E-state index in [1.54, 1.807) is 11.4 Å². The molecular formula is C9H7NO2S. The summed E-state index contributed by atoms with van der Waals surface area (Å²) in [5, 5.41) is 11.8. The fourth-order valence-corrected chi connectivity index (χ4v) is 2.19. The van der Waals surface area contributed by atoms with E-state index in [0.29, 0.717) is 21.3 Å². The number of benzene rings is 1. The van der Waals surface area contributed by atoms with Crippen molar-refractivity contribution >= 4 is 33.4 Å². The highest BCUT2D eigenvalue weighted by molar-refractivity contribution is 7.18. The molecule has 0 atom stereocenters. The van der Waals surface area contributed by atoms with Gasteiger partial charge in [0, 0.05) is 16.3 Å². The van der Waals surface area contributed by atoms with Gasteiger partial charge in [0.25, 0.3) is 0 Å². The van der Waals surface area contributed by atoms with E-state index < -0.39 is 0 Å². The molecule has 66 valence electrons. The van der Waals surface area contributed by atoms with E-state index in [2.05, 4.69) is 0 Å². The van der Waals surface area contributed by atoms with E-state index in [-0.39, 0.29) is 5.75 Å². The zero-order valence-electron chi connectivity index (χ0n) is 6.65. The molecule has 1 aromatic heterocycles. The molecule has 0 saturated heterocycles. The van der Waals surface area contributed by atoms with Crippen LogP contribution in [0.5, 0.6) is 5.75 Å². The first-order chi connectivity index (χ1) is 6.24. The standard InChI is InChI=1S/C9H7NO2S/c10-6-4-13-9-7(12)2-1-5(3-11)8(6)9/h1-4,12H,10H2. The topological polar surface area (TPSA) is 63.3 Å². The zero-order chi connectivity index (χ0) is 9.42. The molecule has 0 radical (unpaired) electrons. The lowest BCUT2D eigenvalue weighted by atomic mass is 10.1. The number of phenolic OH excluding ortho intramolecular Hbond substituents is 1. The van der Waals surface area contributed by atoms with Gasteiger partial charge in [-0.25, -0.2) is 0 Å². The molecule has 0 aliphatic carbocycles. The Labute approximate surface area is 78.4 Å². The molecule has 0 spiro atoms. The van der Waals surface area contributed by atoms with E-state index in [0.717, 1.165) is 6.29 Å². The summed E-state index contributed by atoms with van der Waals surface area (Å²) in [5.41, 5.74) is 6.72. The Kier molecular flexibility index (Phi) is 1.70. The lowest BCUT2D eigenvalue weighted by Gasteiger charge is -1.98. The quantitative estimate of drug-likeness (QED) is 0.681. The second-order valence-corrected chi connectivity index (χ2v) is 3.57. The maximum atomic E-state index is 10.6. The molecule has 3 N–H and O–H groups in total. The van der Waals surface area contributed by atoms with Gasteiger partial charge in [-0.1, -0.05) is 0 Å². The minimum Gasteiger partial charge on any atom is -0.506 e. The van der Waals surface area contributed by atoms with Crippen molar-refractivity contribution in [3.05, 3.63) is 23.1 Å². The number of hydrogen-bond donors (Lipinski definition) is 2. The highest BCUT2D eigenvalue weighted by Crippen LogP contribution is 2.36. The summed E-state index contributed by atoms with van der Waals surface area (Å²) < 4.78 is 0.669. The van der Waals surface area contributed by atoms with Crippen LogP contribution in [0.15, 0.2) is 17.5 Å². The van der Waals surface area contributed by atoms with E-state index >= 15 is 0 Å². The Morgan fingerprint density at radius 3 is 2.92 bits per heavy atom. The molecule has 0 aliphatic heterocycles. The fourth-order valence-electron chi connectivity index (χ4n) is 1.28. The van der Waals surface area contributed by atoms with E-state index in [9.17, 15) is 9.90 Å². The van der Waals surface area contributed by atoms with Gasteiger partial charge in [0.2, 0.25) is 0 Å². The van der Waals surface area contributed by atoms with E-state index in [4.69, 9.17) is 5.73 Å². The van der Waals surface area contributed by atoms with Crippen molar-refractivity contribution in [1.29, 1.82) is 0 Å². The molecule has 0 bridgehead atoms. The van der Waals surface area contributed by atoms with Crippen LogP contribution in [0, 0.1) is 0 Å². The largest absolute Gasteiger partial charge is 0.506 e. The third-order valence-electron chi connectivity index (χ3n) is 1.89. The summed E-state index contributed by atoms with van der Waals surface area (Å²) in [6.07, 6.45) is 0.741. The Morgan fingerprint density at radius 2 is 2.23 bits per heavy atom. The average Bonchev–Trinajstić information content (AvgIpc) is 2.51. The number of anilines is 1. The molecule has 0 amide bonds. The molecule has 0 saturated carbocycles. The number of rotatable bonds is 1. The molecule has 4 heteroatoms. The molecule has 1 aromatic carbocycles. The van der Waals surface area contributed by atoms with Crippen LogP contribution in [0.2, 0.25) is 0 Å². The Bertz CT molecular complexity index is 476. The number of carbonyl (C=O) groups is 1. The van der Waals surface area contributed by atoms with Crippen LogP contribution >= 0.6 is 11.3 Å². The number of fused-ring (bicyclic) bond motifs is 1. The normalized spacial score (nSPS) is 10.5. The van der Waals surface area contributed by atoms with E-state index in [1.165, 1.54) is 17.4 Å². The van der Waals surface area contributed by atoms with Crippen molar-refractivity contribution < 1.29 is 9.90 Å². The number of carbonyl (C=O) groups excluding carboxylic acids is 1. The first-order valence-corrected chi connectivity index (χ1v) is 4.56. The van der Waals surface area contributed by atoms with Gasteiger partial charge in [0.15, 0.2) is 6.29 Å². The summed E-state index contributed by atoms with van der Waals surface area (Å²) in [7, 11) is 0. The van der Waals surface area contributed by atoms with Crippen LogP contribution in [0.1, 0.15) is 10.4 Å². The number of nitrogen functional groups attached to an aromatic ring is 1. The van der Waals surface area contributed by atoms with Crippen LogP contribution in [-0.4, -0.2) is 11.4 Å². The Balaban J connectivity index is 2.96. The zero-order valence-corrected chi connectivity index (χ0v) is 7.47. The number of hydrogen-bond acceptors (Lipinski definition) is 4. The van der Waals surface area contributed by atoms with Crippen molar-refractivity contribution in [2.24, 2.45) is 0 Å². The number of thiophene rings is 1. The number of aromatic hydroxyl groups is 1. The minimum absolute atomic E-state index is 0.169. The second-order valence-electron chi connectivity index (χ2n) is 2.69. The summed E-state index contributed by atoms with van der Waals surface area (Å²) >= 11 is 1.34. The lowest BCUT2D eigenvalue weighted by Crippen LogP contribution is -1.86. The summed E-state index contributed by atoms with van der Waals surface area (Å²) in [6.45, 7) is 0. The predicted octanol–water partition coefficient (Wildman–Crippen LogP) is 2.00. The van der Waals surface area contributed by atoms with Crippen molar-refractivity contribution in [3.63, 3.8) is 0 Å². The predicted molar refractivity (Wildman–Crippen MR) is 53.3 cm³/mol. The molecule has 0 fully saturated rings. The summed E-state index contributed by atoms with van der Waals surface area (Å²) in [6, 6.07) is 3.07. The number of aldehydes is 1. The van der Waals surface area contributed by atoms with Gasteiger partial charge in [0.05, 0.1) is 10.4 Å². The molecular weight excluding hydrogens is 186 g/mol. The third kappa shape index (κ3) is 1.07. The molecule has 13 heavy (non-hydrogen) atoms. The van der Waals surface area contributed by atoms with Gasteiger partial charge in [-0.2, -0.15) is 0 Å². The fraction of sp³-hybridized carbons (Fsp3) is 0. The van der Waals surface area contributed by atoms with Crippen molar-refractivity contribution in [3.8, 4) is 5.75 Å². The second kappa shape index (κ2) is 2.74. The van der Waals surface area contributed by atoms with Crippen LogP contribution < -0.4 is 5.73 Å². The molecule has 0 unspecified atom stereocenters. The van der Waals surface area contributed by atoms with Crippen LogP contribution in [-0.2, 0) is 0 Å². The van der Waals surface area contributed by atoms with Crippen molar-refractivity contribution in [1.82, 2.24) is 0 Å². The first-order valence-electron chi connectivity index (χ1n) is 3.68. The van der Waals surface area contributed by atoms with Crippen LogP contribution in [0.4, 0.5) is 5.69 Å². The molecule has 2 aromatic rings. The Morgan fingerprint density at radius 1 is 1.46 bits per heavy atom. The maximum absolute atomic E-state index is 10.6. The lowest BCUT2D eigenvalue weighted by molar-refractivity contribution is 0.112. The number of phenols is 1. The van der Waals surface area contributed by atoms with Crippen molar-refractivity contribution in [2.75, 3.05) is 5.73 Å². The van der Waals surface area contributed by atoms with Gasteiger partial charge < -0.3 is 10.8 Å². The molecule has 1 heterocycles. The smallest absolute Gasteiger partial charge is 0.150 e. The minimum atomic E-state index is 0.169. The number of nitrogens with two attached hydrogens (primary N) is 1. The summed E-state index contributed by atoms with van der Waals surface area (Å²) in [5.74, 6) is 0.169. The Hall–Kier alpha value is -1.55. The highest BCUT2D eigenvalue weighted by Gasteiger charge is 2.09. The van der Waals surface area contributed by atoms with Gasteiger partial charge in [-0.15, -0.1) is 11.3 Å². The monoisotopic (exact) mass is 193 g/mol. The van der Waals surface area contributed by atoms with Gasteiger partial charge in [0.1, 0.15) is 5.75 Å². The third-order valence-corrected chi connectivity index (χ3v) is 2.91. The van der Waals surface area contributed by atoms with Gasteiger partial charge in [-0.3, -0.25) is 4.79 Å². The summed E-state index contributed by atoms with van der Waals surface area (Å²) in [4.78, 5) is 10.6. The maximum Gasteiger partial charge on any atom is 0.150 e.